The molecule has 17 heavy (non-hydrogen) atoms. The average Bonchev–Trinajstić information content (AvgIpc) is 2.68. The first-order chi connectivity index (χ1) is 8.20. The van der Waals surface area contributed by atoms with E-state index >= 15 is 0 Å². The maximum Gasteiger partial charge on any atom is 0.0431 e. The number of benzene rings is 1. The van der Waals surface area contributed by atoms with Crippen LogP contribution in [0.5, 0.6) is 0 Å². The van der Waals surface area contributed by atoms with Gasteiger partial charge >= 0.3 is 0 Å². The Morgan fingerprint density at radius 3 is 3.06 bits per heavy atom. The first-order valence-corrected chi connectivity index (χ1v) is 6.42. The number of anilines is 2. The van der Waals surface area contributed by atoms with E-state index in [9.17, 15) is 0 Å². The predicted octanol–water partition coefficient (Wildman–Crippen LogP) is 2.25. The molecule has 94 valence electrons. The molecule has 0 amide bonds. The fourth-order valence-corrected chi connectivity index (χ4v) is 2.41. The van der Waals surface area contributed by atoms with Gasteiger partial charge < -0.3 is 15.3 Å². The number of likely N-dealkylation sites (N-methyl/N-ethyl adjacent to an activating group) is 1. The van der Waals surface area contributed by atoms with Crippen LogP contribution >= 0.6 is 0 Å². The molecule has 3 heteroatoms. The predicted molar refractivity (Wildman–Crippen MR) is 72.8 cm³/mol. The Hall–Kier alpha value is -1.22. The molecule has 1 aromatic carbocycles. The third kappa shape index (κ3) is 2.91. The van der Waals surface area contributed by atoms with Gasteiger partial charge in [-0.1, -0.05) is 0 Å². The van der Waals surface area contributed by atoms with Crippen LogP contribution in [0.2, 0.25) is 0 Å². The summed E-state index contributed by atoms with van der Waals surface area (Å²) in [6.07, 6.45) is 3.02. The molecule has 1 atom stereocenters. The first-order valence-electron chi connectivity index (χ1n) is 6.42. The lowest BCUT2D eigenvalue weighted by molar-refractivity contribution is 0.282. The van der Waals surface area contributed by atoms with Crippen LogP contribution in [0.15, 0.2) is 18.2 Å². The van der Waals surface area contributed by atoms with Crippen LogP contribution in [-0.2, 0) is 6.42 Å². The van der Waals surface area contributed by atoms with Gasteiger partial charge in [-0.15, -0.1) is 0 Å². The van der Waals surface area contributed by atoms with Crippen molar-refractivity contribution in [3.8, 4) is 0 Å². The van der Waals surface area contributed by atoms with E-state index in [1.807, 2.05) is 0 Å². The van der Waals surface area contributed by atoms with Gasteiger partial charge in [0.15, 0.2) is 0 Å². The second-order valence-corrected chi connectivity index (χ2v) is 4.93. The second-order valence-electron chi connectivity index (χ2n) is 4.93. The Labute approximate surface area is 103 Å². The van der Waals surface area contributed by atoms with E-state index in [1.165, 1.54) is 16.9 Å². The highest BCUT2D eigenvalue weighted by Gasteiger charge is 2.15. The van der Waals surface area contributed by atoms with Gasteiger partial charge in [-0.3, -0.25) is 0 Å². The van der Waals surface area contributed by atoms with Gasteiger partial charge in [-0.25, -0.2) is 0 Å². The third-order valence-electron chi connectivity index (χ3n) is 3.42. The van der Waals surface area contributed by atoms with Crippen molar-refractivity contribution >= 4 is 11.4 Å². The summed E-state index contributed by atoms with van der Waals surface area (Å²) in [6.45, 7) is 3.56. The molecule has 2 N–H and O–H groups in total. The number of hydrogen-bond donors (Lipinski definition) is 2. The number of nitrogens with one attached hydrogen (secondary N) is 1. The number of nitrogens with zero attached hydrogens (tertiary/aromatic N) is 1. The maximum absolute atomic E-state index is 8.80. The summed E-state index contributed by atoms with van der Waals surface area (Å²) < 4.78 is 0. The Morgan fingerprint density at radius 1 is 1.47 bits per heavy atom. The van der Waals surface area contributed by atoms with Gasteiger partial charge in [0.1, 0.15) is 0 Å². The lowest BCUT2D eigenvalue weighted by Crippen LogP contribution is -2.15. The summed E-state index contributed by atoms with van der Waals surface area (Å²) in [4.78, 5) is 2.30. The van der Waals surface area contributed by atoms with E-state index in [-0.39, 0.29) is 6.61 Å². The van der Waals surface area contributed by atoms with E-state index in [1.54, 1.807) is 0 Å². The van der Waals surface area contributed by atoms with Crippen LogP contribution in [0.25, 0.3) is 0 Å². The molecule has 0 fully saturated rings. The van der Waals surface area contributed by atoms with Crippen LogP contribution in [-0.4, -0.2) is 31.3 Å². The maximum atomic E-state index is 8.80. The average molecular weight is 234 g/mol. The van der Waals surface area contributed by atoms with Crippen molar-refractivity contribution in [2.75, 3.05) is 30.4 Å². The molecule has 0 aliphatic carbocycles. The summed E-state index contributed by atoms with van der Waals surface area (Å²) in [7, 11) is 2.14. The van der Waals surface area contributed by atoms with Crippen molar-refractivity contribution in [1.82, 2.24) is 0 Å². The molecular weight excluding hydrogens is 212 g/mol. The molecule has 1 heterocycles. The van der Waals surface area contributed by atoms with E-state index in [4.69, 9.17) is 5.11 Å². The van der Waals surface area contributed by atoms with Crippen molar-refractivity contribution in [2.45, 2.75) is 32.2 Å². The smallest absolute Gasteiger partial charge is 0.0431 e. The molecule has 0 radical (unpaired) electrons. The molecule has 3 nitrogen and oxygen atoms in total. The zero-order valence-electron chi connectivity index (χ0n) is 10.7. The molecule has 1 aromatic rings. The van der Waals surface area contributed by atoms with Crippen molar-refractivity contribution < 1.29 is 5.11 Å². The number of rotatable bonds is 5. The Morgan fingerprint density at radius 2 is 2.29 bits per heavy atom. The van der Waals surface area contributed by atoms with Crippen molar-refractivity contribution in [1.29, 1.82) is 0 Å². The lowest BCUT2D eigenvalue weighted by atomic mass is 10.1. The Bertz CT molecular complexity index is 378. The van der Waals surface area contributed by atoms with Crippen molar-refractivity contribution in [2.24, 2.45) is 0 Å². The SMILES string of the molecule is CC(CCCO)Nc1ccc2c(c1)CCN2C. The Balaban J connectivity index is 1.98. The third-order valence-corrected chi connectivity index (χ3v) is 3.42. The zero-order valence-corrected chi connectivity index (χ0v) is 10.7. The number of hydrogen-bond acceptors (Lipinski definition) is 3. The van der Waals surface area contributed by atoms with E-state index < -0.39 is 0 Å². The standard InChI is InChI=1S/C14H22N2O/c1-11(4-3-9-17)15-13-5-6-14-12(10-13)7-8-16(14)2/h5-6,10-11,15,17H,3-4,7-9H2,1-2H3. The molecule has 1 aliphatic rings. The molecule has 0 spiro atoms. The second kappa shape index (κ2) is 5.41. The topological polar surface area (TPSA) is 35.5 Å². The number of aliphatic hydroxyl groups is 1. The van der Waals surface area contributed by atoms with Crippen molar-refractivity contribution in [3.05, 3.63) is 23.8 Å². The molecule has 1 aliphatic heterocycles. The normalized spacial score (nSPS) is 15.8. The highest BCUT2D eigenvalue weighted by Crippen LogP contribution is 2.29. The van der Waals surface area contributed by atoms with Crippen LogP contribution in [0.3, 0.4) is 0 Å². The molecule has 0 saturated heterocycles. The number of aliphatic hydroxyl groups excluding tert-OH is 1. The van der Waals surface area contributed by atoms with E-state index in [2.05, 4.69) is 42.4 Å². The highest BCUT2D eigenvalue weighted by molar-refractivity contribution is 5.63. The van der Waals surface area contributed by atoms with Gasteiger partial charge in [0.2, 0.25) is 0 Å². The van der Waals surface area contributed by atoms with Crippen LogP contribution in [0.4, 0.5) is 11.4 Å². The Kier molecular flexibility index (Phi) is 3.89. The van der Waals surface area contributed by atoms with Crippen LogP contribution in [0.1, 0.15) is 25.3 Å². The van der Waals surface area contributed by atoms with Crippen LogP contribution in [0, 0.1) is 0 Å². The molecule has 2 rings (SSSR count). The first kappa shape index (κ1) is 12.2. The summed E-state index contributed by atoms with van der Waals surface area (Å²) in [5, 5.41) is 12.3. The van der Waals surface area contributed by atoms with Crippen molar-refractivity contribution in [3.63, 3.8) is 0 Å². The monoisotopic (exact) mass is 234 g/mol. The van der Waals surface area contributed by atoms with Gasteiger partial charge in [0.25, 0.3) is 0 Å². The van der Waals surface area contributed by atoms with Crippen LogP contribution < -0.4 is 10.2 Å². The van der Waals surface area contributed by atoms with E-state index in [0.717, 1.165) is 25.8 Å². The minimum absolute atomic E-state index is 0.279. The summed E-state index contributed by atoms with van der Waals surface area (Å²) in [6, 6.07) is 7.02. The van der Waals surface area contributed by atoms with Gasteiger partial charge in [-0.2, -0.15) is 0 Å². The fraction of sp³-hybridized carbons (Fsp3) is 0.571. The largest absolute Gasteiger partial charge is 0.396 e. The summed E-state index contributed by atoms with van der Waals surface area (Å²) >= 11 is 0. The summed E-state index contributed by atoms with van der Waals surface area (Å²) in [5.74, 6) is 0. The fourth-order valence-electron chi connectivity index (χ4n) is 2.41. The molecule has 0 bridgehead atoms. The quantitative estimate of drug-likeness (QED) is 0.820. The minimum Gasteiger partial charge on any atom is -0.396 e. The van der Waals surface area contributed by atoms with Gasteiger partial charge in [-0.05, 0) is 49.9 Å². The minimum atomic E-state index is 0.279. The highest BCUT2D eigenvalue weighted by atomic mass is 16.2. The zero-order chi connectivity index (χ0) is 12.3. The van der Waals surface area contributed by atoms with E-state index in [0.29, 0.717) is 6.04 Å². The molecule has 0 saturated carbocycles. The van der Waals surface area contributed by atoms with Gasteiger partial charge in [0.05, 0.1) is 0 Å². The number of fused-ring (bicyclic) bond motifs is 1. The molecule has 0 aromatic heterocycles. The van der Waals surface area contributed by atoms with Gasteiger partial charge in [0, 0.05) is 37.6 Å². The lowest BCUT2D eigenvalue weighted by Gasteiger charge is -2.16. The molecular formula is C14H22N2O. The molecule has 1 unspecified atom stereocenters. The summed E-state index contributed by atoms with van der Waals surface area (Å²) in [5.41, 5.74) is 4.00.